The molecule has 6 heteroatoms. The van der Waals surface area contributed by atoms with E-state index in [-0.39, 0.29) is 11.4 Å². The molecule has 2 aliphatic rings. The first-order valence-corrected chi connectivity index (χ1v) is 8.50. The van der Waals surface area contributed by atoms with Crippen LogP contribution in [0.25, 0.3) is 0 Å². The maximum Gasteiger partial charge on any atom is 0.327 e. The molecule has 0 radical (unpaired) electrons. The summed E-state index contributed by atoms with van der Waals surface area (Å²) in [5.41, 5.74) is 0. The van der Waals surface area contributed by atoms with Crippen molar-refractivity contribution in [3.8, 4) is 0 Å². The Balaban J connectivity index is 1.93. The van der Waals surface area contributed by atoms with E-state index in [1.165, 1.54) is 17.7 Å². The number of urea groups is 1. The van der Waals surface area contributed by atoms with Crippen LogP contribution in [0.2, 0.25) is 0 Å². The zero-order valence-corrected chi connectivity index (χ0v) is 13.0. The average Bonchev–Trinajstić information content (AvgIpc) is 3.17. The molecule has 2 N–H and O–H groups in total. The Morgan fingerprint density at radius 1 is 1.45 bits per heavy atom. The number of rotatable bonds is 6. The Bertz CT molecular complexity index is 373. The Morgan fingerprint density at radius 3 is 2.70 bits per heavy atom. The zero-order valence-electron chi connectivity index (χ0n) is 12.2. The summed E-state index contributed by atoms with van der Waals surface area (Å²) in [6, 6.07) is -0.902. The van der Waals surface area contributed by atoms with E-state index in [9.17, 15) is 14.7 Å². The summed E-state index contributed by atoms with van der Waals surface area (Å²) < 4.78 is 0. The van der Waals surface area contributed by atoms with Crippen LogP contribution in [0.5, 0.6) is 0 Å². The summed E-state index contributed by atoms with van der Waals surface area (Å²) in [5.74, 6) is 0.819. The molecule has 0 spiro atoms. The van der Waals surface area contributed by atoms with Crippen molar-refractivity contribution in [3.63, 3.8) is 0 Å². The maximum atomic E-state index is 12.3. The summed E-state index contributed by atoms with van der Waals surface area (Å²) in [4.78, 5) is 25.2. The van der Waals surface area contributed by atoms with Gasteiger partial charge in [-0.25, -0.2) is 9.59 Å². The summed E-state index contributed by atoms with van der Waals surface area (Å²) in [6.45, 7) is 4.85. The van der Waals surface area contributed by atoms with Gasteiger partial charge in [-0.15, -0.1) is 11.8 Å². The fraction of sp³-hybridized carbons (Fsp3) is 0.857. The lowest BCUT2D eigenvalue weighted by Gasteiger charge is -2.28. The van der Waals surface area contributed by atoms with Crippen LogP contribution in [0.4, 0.5) is 4.79 Å². The number of thioether (sulfide) groups is 1. The van der Waals surface area contributed by atoms with Crippen molar-refractivity contribution in [2.75, 3.05) is 12.3 Å². The van der Waals surface area contributed by atoms with Gasteiger partial charge in [-0.2, -0.15) is 0 Å². The van der Waals surface area contributed by atoms with Gasteiger partial charge in [0, 0.05) is 12.3 Å². The molecule has 3 atom stereocenters. The molecular formula is C14H24N2O3S. The number of carbonyl (C=O) groups is 2. The maximum absolute atomic E-state index is 12.3. The fourth-order valence-corrected chi connectivity index (χ4v) is 4.18. The molecule has 1 saturated heterocycles. The highest BCUT2D eigenvalue weighted by Crippen LogP contribution is 2.36. The van der Waals surface area contributed by atoms with Crippen molar-refractivity contribution < 1.29 is 14.7 Å². The molecule has 0 aromatic carbocycles. The van der Waals surface area contributed by atoms with Gasteiger partial charge in [0.2, 0.25) is 0 Å². The fourth-order valence-electron chi connectivity index (χ4n) is 2.67. The third-order valence-corrected chi connectivity index (χ3v) is 5.51. The number of aliphatic carboxylic acids is 1. The summed E-state index contributed by atoms with van der Waals surface area (Å²) in [6.07, 6.45) is 4.31. The lowest BCUT2D eigenvalue weighted by atomic mass is 10.1. The van der Waals surface area contributed by atoms with Gasteiger partial charge in [-0.1, -0.05) is 20.3 Å². The number of amides is 2. The zero-order chi connectivity index (χ0) is 14.7. The van der Waals surface area contributed by atoms with Gasteiger partial charge in [-0.05, 0) is 31.1 Å². The minimum Gasteiger partial charge on any atom is -0.480 e. The molecule has 1 saturated carbocycles. The first kappa shape index (κ1) is 15.5. The average molecular weight is 300 g/mol. The van der Waals surface area contributed by atoms with E-state index >= 15 is 0 Å². The van der Waals surface area contributed by atoms with Crippen molar-refractivity contribution in [2.45, 2.75) is 50.9 Å². The topological polar surface area (TPSA) is 69.6 Å². The highest BCUT2D eigenvalue weighted by Gasteiger charge is 2.41. The second-order valence-electron chi connectivity index (χ2n) is 5.84. The molecule has 1 heterocycles. The second-order valence-corrected chi connectivity index (χ2v) is 7.05. The van der Waals surface area contributed by atoms with Gasteiger partial charge in [-0.3, -0.25) is 4.90 Å². The Morgan fingerprint density at radius 2 is 2.15 bits per heavy atom. The molecule has 0 aromatic heterocycles. The van der Waals surface area contributed by atoms with Crippen LogP contribution in [0.1, 0.15) is 39.5 Å². The molecule has 2 rings (SSSR count). The molecule has 0 bridgehead atoms. The van der Waals surface area contributed by atoms with Crippen LogP contribution in [-0.4, -0.2) is 45.7 Å². The van der Waals surface area contributed by atoms with E-state index in [0.717, 1.165) is 18.8 Å². The molecule has 2 fully saturated rings. The van der Waals surface area contributed by atoms with Gasteiger partial charge >= 0.3 is 12.0 Å². The minimum atomic E-state index is -0.901. The second kappa shape index (κ2) is 6.70. The van der Waals surface area contributed by atoms with Crippen molar-refractivity contribution in [1.29, 1.82) is 0 Å². The quantitative estimate of drug-likeness (QED) is 0.790. The number of carboxylic acids is 1. The minimum absolute atomic E-state index is 0.00247. The number of hydrogen-bond donors (Lipinski definition) is 2. The summed E-state index contributed by atoms with van der Waals surface area (Å²) in [7, 11) is 0. The first-order valence-electron chi connectivity index (χ1n) is 7.45. The molecule has 114 valence electrons. The van der Waals surface area contributed by atoms with Gasteiger partial charge < -0.3 is 10.4 Å². The van der Waals surface area contributed by atoms with Crippen LogP contribution in [0, 0.1) is 11.8 Å². The SMILES string of the molecule is CCCC1SCC(C(=O)O)N1C(=O)NCC(C)C1CC1. The lowest BCUT2D eigenvalue weighted by Crippen LogP contribution is -2.50. The first-order chi connectivity index (χ1) is 9.54. The van der Waals surface area contributed by atoms with Gasteiger partial charge in [0.1, 0.15) is 6.04 Å². The standard InChI is InChI=1S/C14H24N2O3S/c1-3-4-12-16(11(8-20-12)13(17)18)14(19)15-7-9(2)10-5-6-10/h9-12H,3-8H2,1-2H3,(H,15,19)(H,17,18). The van der Waals surface area contributed by atoms with Crippen molar-refractivity contribution in [2.24, 2.45) is 11.8 Å². The predicted molar refractivity (Wildman–Crippen MR) is 79.7 cm³/mol. The Kier molecular flexibility index (Phi) is 5.18. The number of nitrogens with one attached hydrogen (secondary N) is 1. The van der Waals surface area contributed by atoms with E-state index in [0.29, 0.717) is 18.2 Å². The monoisotopic (exact) mass is 300 g/mol. The van der Waals surface area contributed by atoms with Gasteiger partial charge in [0.05, 0.1) is 5.37 Å². The summed E-state index contributed by atoms with van der Waals surface area (Å²) >= 11 is 1.58. The molecule has 20 heavy (non-hydrogen) atoms. The normalized spacial score (nSPS) is 27.4. The van der Waals surface area contributed by atoms with Crippen LogP contribution < -0.4 is 5.32 Å². The molecule has 3 unspecified atom stereocenters. The predicted octanol–water partition coefficient (Wildman–Crippen LogP) is 2.37. The Hall–Kier alpha value is -0.910. The van der Waals surface area contributed by atoms with Crippen LogP contribution in [-0.2, 0) is 4.79 Å². The molecule has 1 aliphatic heterocycles. The summed E-state index contributed by atoms with van der Waals surface area (Å²) in [5, 5.41) is 12.2. The number of carbonyl (C=O) groups excluding carboxylic acids is 1. The number of hydrogen-bond acceptors (Lipinski definition) is 3. The van der Waals surface area contributed by atoms with E-state index < -0.39 is 12.0 Å². The van der Waals surface area contributed by atoms with Crippen molar-refractivity contribution >= 4 is 23.8 Å². The third kappa shape index (κ3) is 3.59. The third-order valence-electron chi connectivity index (χ3n) is 4.15. The number of nitrogens with zero attached hydrogens (tertiary/aromatic N) is 1. The molecular weight excluding hydrogens is 276 g/mol. The highest BCUT2D eigenvalue weighted by molar-refractivity contribution is 8.00. The van der Waals surface area contributed by atoms with Crippen LogP contribution >= 0.6 is 11.8 Å². The van der Waals surface area contributed by atoms with Gasteiger partial charge in [0.25, 0.3) is 0 Å². The van der Waals surface area contributed by atoms with Crippen LogP contribution in [0.15, 0.2) is 0 Å². The molecule has 2 amide bonds. The van der Waals surface area contributed by atoms with Gasteiger partial charge in [0.15, 0.2) is 0 Å². The Labute approximate surface area is 124 Å². The van der Waals surface area contributed by atoms with Crippen molar-refractivity contribution in [3.05, 3.63) is 0 Å². The van der Waals surface area contributed by atoms with E-state index in [1.807, 2.05) is 0 Å². The number of carboxylic acid groups (broad SMARTS) is 1. The van der Waals surface area contributed by atoms with Crippen molar-refractivity contribution in [1.82, 2.24) is 10.2 Å². The highest BCUT2D eigenvalue weighted by atomic mass is 32.2. The smallest absolute Gasteiger partial charge is 0.327 e. The molecule has 1 aliphatic carbocycles. The van der Waals surface area contributed by atoms with E-state index in [2.05, 4.69) is 19.2 Å². The van der Waals surface area contributed by atoms with E-state index in [4.69, 9.17) is 0 Å². The molecule has 5 nitrogen and oxygen atoms in total. The van der Waals surface area contributed by atoms with Crippen LogP contribution in [0.3, 0.4) is 0 Å². The van der Waals surface area contributed by atoms with E-state index in [1.54, 1.807) is 11.8 Å². The largest absolute Gasteiger partial charge is 0.480 e. The molecule has 0 aromatic rings. The lowest BCUT2D eigenvalue weighted by molar-refractivity contribution is -0.141.